The number of carbonyl (C=O) groups excluding carboxylic acids is 2. The number of nitrogens with one attached hydrogen (secondary N) is 3. The minimum atomic E-state index is -0.0203. The third-order valence-corrected chi connectivity index (χ3v) is 6.81. The molecule has 3 rings (SSSR count). The molecule has 0 aromatic rings. The van der Waals surface area contributed by atoms with Crippen LogP contribution in [-0.2, 0) is 4.79 Å². The quantitative estimate of drug-likeness (QED) is 0.396. The molecule has 3 atom stereocenters. The highest BCUT2D eigenvalue weighted by atomic mass is 32.2. The number of rotatable bonds is 6. The van der Waals surface area contributed by atoms with Crippen molar-refractivity contribution in [1.29, 1.82) is 0 Å². The smallest absolute Gasteiger partial charge is 0.315 e. The average molecular weight is 340 g/mol. The highest BCUT2D eigenvalue weighted by Crippen LogP contribution is 2.33. The molecule has 130 valence electrons. The van der Waals surface area contributed by atoms with Crippen LogP contribution in [0.1, 0.15) is 64.2 Å². The van der Waals surface area contributed by atoms with Gasteiger partial charge in [-0.05, 0) is 25.7 Å². The SMILES string of the molecule is O=C(CCCC[C@@H]1SC[C@@H]2NC(=O)N[C@H]21)NC1CCCCCC1. The maximum absolute atomic E-state index is 12.1. The van der Waals surface area contributed by atoms with E-state index in [-0.39, 0.29) is 18.0 Å². The number of hydrogen-bond donors (Lipinski definition) is 3. The number of carbonyl (C=O) groups is 2. The first-order valence-electron chi connectivity index (χ1n) is 9.20. The number of hydrogen-bond acceptors (Lipinski definition) is 3. The molecule has 23 heavy (non-hydrogen) atoms. The molecule has 2 aliphatic heterocycles. The summed E-state index contributed by atoms with van der Waals surface area (Å²) in [6.45, 7) is 0. The van der Waals surface area contributed by atoms with Crippen molar-refractivity contribution >= 4 is 23.7 Å². The molecule has 5 nitrogen and oxygen atoms in total. The van der Waals surface area contributed by atoms with Crippen LogP contribution in [-0.4, -0.2) is 41.1 Å². The van der Waals surface area contributed by atoms with Crippen molar-refractivity contribution in [2.45, 2.75) is 87.6 Å². The molecule has 2 heterocycles. The summed E-state index contributed by atoms with van der Waals surface area (Å²) in [5, 5.41) is 9.72. The lowest BCUT2D eigenvalue weighted by atomic mass is 10.0. The molecule has 3 aliphatic rings. The first-order chi connectivity index (χ1) is 11.2. The second kappa shape index (κ2) is 8.27. The summed E-state index contributed by atoms with van der Waals surface area (Å²) in [5.74, 6) is 1.24. The summed E-state index contributed by atoms with van der Waals surface area (Å²) in [6, 6.07) is 0.979. The lowest BCUT2D eigenvalue weighted by molar-refractivity contribution is -0.122. The number of thioether (sulfide) groups is 1. The Hall–Kier alpha value is -0.910. The first-order valence-corrected chi connectivity index (χ1v) is 10.3. The Morgan fingerprint density at radius 1 is 1.13 bits per heavy atom. The predicted octanol–water partition coefficient (Wildman–Crippen LogP) is 2.55. The Balaban J connectivity index is 1.29. The molecule has 3 fully saturated rings. The molecule has 0 bridgehead atoms. The topological polar surface area (TPSA) is 70.2 Å². The zero-order valence-electron chi connectivity index (χ0n) is 13.8. The van der Waals surface area contributed by atoms with E-state index in [1.165, 1.54) is 25.7 Å². The van der Waals surface area contributed by atoms with Gasteiger partial charge >= 0.3 is 6.03 Å². The van der Waals surface area contributed by atoms with Gasteiger partial charge in [-0.2, -0.15) is 11.8 Å². The van der Waals surface area contributed by atoms with Gasteiger partial charge in [-0.3, -0.25) is 4.79 Å². The summed E-state index contributed by atoms with van der Waals surface area (Å²) < 4.78 is 0. The van der Waals surface area contributed by atoms with E-state index in [1.54, 1.807) is 0 Å². The summed E-state index contributed by atoms with van der Waals surface area (Å²) in [7, 11) is 0. The first kappa shape index (κ1) is 16.9. The largest absolute Gasteiger partial charge is 0.353 e. The monoisotopic (exact) mass is 339 g/mol. The second-order valence-corrected chi connectivity index (χ2v) is 8.40. The lowest BCUT2D eigenvalue weighted by Crippen LogP contribution is -2.36. The van der Waals surface area contributed by atoms with Gasteiger partial charge in [-0.15, -0.1) is 0 Å². The summed E-state index contributed by atoms with van der Waals surface area (Å²) in [4.78, 5) is 23.4. The second-order valence-electron chi connectivity index (χ2n) is 7.12. The standard InChI is InChI=1S/C17H29N3O2S/c21-15(18-12-7-3-1-2-4-8-12)10-6-5-9-14-16-13(11-23-14)19-17(22)20-16/h12-14,16H,1-11H2,(H,18,21)(H2,19,20,22)/t13-,14-,16+/m0/s1. The average Bonchev–Trinajstić information content (AvgIpc) is 2.94. The van der Waals surface area contributed by atoms with Crippen LogP contribution < -0.4 is 16.0 Å². The van der Waals surface area contributed by atoms with E-state index in [9.17, 15) is 9.59 Å². The van der Waals surface area contributed by atoms with Crippen molar-refractivity contribution in [3.05, 3.63) is 0 Å². The predicted molar refractivity (Wildman–Crippen MR) is 93.6 cm³/mol. The van der Waals surface area contributed by atoms with Crippen molar-refractivity contribution in [3.63, 3.8) is 0 Å². The van der Waals surface area contributed by atoms with Gasteiger partial charge in [0.05, 0.1) is 12.1 Å². The Labute approximate surface area is 143 Å². The van der Waals surface area contributed by atoms with Gasteiger partial charge in [-0.1, -0.05) is 32.1 Å². The molecule has 0 unspecified atom stereocenters. The van der Waals surface area contributed by atoms with E-state index in [4.69, 9.17) is 0 Å². The molecular weight excluding hydrogens is 310 g/mol. The van der Waals surface area contributed by atoms with Gasteiger partial charge in [0.1, 0.15) is 0 Å². The van der Waals surface area contributed by atoms with Crippen LogP contribution in [0.4, 0.5) is 4.79 Å². The number of unbranched alkanes of at least 4 members (excludes halogenated alkanes) is 1. The van der Waals surface area contributed by atoms with Gasteiger partial charge in [0.2, 0.25) is 5.91 Å². The summed E-state index contributed by atoms with van der Waals surface area (Å²) in [6.07, 6.45) is 11.2. The van der Waals surface area contributed by atoms with E-state index in [2.05, 4.69) is 16.0 Å². The van der Waals surface area contributed by atoms with Crippen LogP contribution in [0.25, 0.3) is 0 Å². The maximum atomic E-state index is 12.1. The van der Waals surface area contributed by atoms with E-state index >= 15 is 0 Å². The van der Waals surface area contributed by atoms with Gasteiger partial charge < -0.3 is 16.0 Å². The van der Waals surface area contributed by atoms with Gasteiger partial charge in [-0.25, -0.2) is 4.79 Å². The third kappa shape index (κ3) is 4.78. The highest BCUT2D eigenvalue weighted by molar-refractivity contribution is 8.00. The molecule has 2 saturated heterocycles. The lowest BCUT2D eigenvalue weighted by Gasteiger charge is -2.17. The summed E-state index contributed by atoms with van der Waals surface area (Å²) >= 11 is 1.95. The van der Waals surface area contributed by atoms with Crippen LogP contribution in [0, 0.1) is 0 Å². The van der Waals surface area contributed by atoms with E-state index in [1.807, 2.05) is 11.8 Å². The van der Waals surface area contributed by atoms with Crippen molar-refractivity contribution in [3.8, 4) is 0 Å². The Kier molecular flexibility index (Phi) is 6.08. The fraction of sp³-hybridized carbons (Fsp3) is 0.882. The molecule has 3 N–H and O–H groups in total. The van der Waals surface area contributed by atoms with E-state index in [0.717, 1.165) is 37.9 Å². The Bertz CT molecular complexity index is 424. The van der Waals surface area contributed by atoms with Crippen molar-refractivity contribution in [1.82, 2.24) is 16.0 Å². The molecular formula is C17H29N3O2S. The summed E-state index contributed by atoms with van der Waals surface area (Å²) in [5.41, 5.74) is 0. The van der Waals surface area contributed by atoms with Crippen molar-refractivity contribution < 1.29 is 9.59 Å². The Morgan fingerprint density at radius 3 is 2.70 bits per heavy atom. The van der Waals surface area contributed by atoms with Crippen molar-refractivity contribution in [2.24, 2.45) is 0 Å². The van der Waals surface area contributed by atoms with Gasteiger partial charge in [0.25, 0.3) is 0 Å². The molecule has 0 radical (unpaired) electrons. The molecule has 0 spiro atoms. The molecule has 1 aliphatic carbocycles. The zero-order chi connectivity index (χ0) is 16.1. The zero-order valence-corrected chi connectivity index (χ0v) is 14.6. The Morgan fingerprint density at radius 2 is 1.91 bits per heavy atom. The maximum Gasteiger partial charge on any atom is 0.315 e. The third-order valence-electron chi connectivity index (χ3n) is 5.30. The molecule has 0 aromatic heterocycles. The van der Waals surface area contributed by atoms with Crippen LogP contribution in [0.2, 0.25) is 0 Å². The number of fused-ring (bicyclic) bond motifs is 1. The van der Waals surface area contributed by atoms with Crippen LogP contribution in [0.5, 0.6) is 0 Å². The number of urea groups is 1. The van der Waals surface area contributed by atoms with Gasteiger partial charge in [0.15, 0.2) is 0 Å². The van der Waals surface area contributed by atoms with Crippen LogP contribution >= 0.6 is 11.8 Å². The fourth-order valence-electron chi connectivity index (χ4n) is 4.00. The normalized spacial score (nSPS) is 31.1. The molecule has 3 amide bonds. The minimum Gasteiger partial charge on any atom is -0.353 e. The molecule has 1 saturated carbocycles. The van der Waals surface area contributed by atoms with Crippen LogP contribution in [0.15, 0.2) is 0 Å². The molecule has 0 aromatic carbocycles. The van der Waals surface area contributed by atoms with Gasteiger partial charge in [0, 0.05) is 23.5 Å². The fourth-order valence-corrected chi connectivity index (χ4v) is 5.54. The number of amides is 3. The van der Waals surface area contributed by atoms with E-state index in [0.29, 0.717) is 23.8 Å². The van der Waals surface area contributed by atoms with Crippen molar-refractivity contribution in [2.75, 3.05) is 5.75 Å². The van der Waals surface area contributed by atoms with E-state index < -0.39 is 0 Å². The minimum absolute atomic E-state index is 0.0203. The molecule has 6 heteroatoms. The van der Waals surface area contributed by atoms with Crippen LogP contribution in [0.3, 0.4) is 0 Å². The highest BCUT2D eigenvalue weighted by Gasteiger charge is 2.42.